The number of anilines is 1. The summed E-state index contributed by atoms with van der Waals surface area (Å²) in [6, 6.07) is 13.4. The first-order valence-corrected chi connectivity index (χ1v) is 7.99. The van der Waals surface area contributed by atoms with Crippen LogP contribution in [-0.4, -0.2) is 5.16 Å². The van der Waals surface area contributed by atoms with E-state index in [0.717, 1.165) is 25.6 Å². The Morgan fingerprint density at radius 1 is 1.05 bits per heavy atom. The summed E-state index contributed by atoms with van der Waals surface area (Å²) in [5.41, 5.74) is 9.14. The number of nitrogen functional groups attached to an aromatic ring is 1. The minimum absolute atomic E-state index is 0.280. The molecule has 0 atom stereocenters. The van der Waals surface area contributed by atoms with Crippen LogP contribution >= 0.6 is 43.5 Å². The van der Waals surface area contributed by atoms with Gasteiger partial charge in [0.05, 0.1) is 10.6 Å². The van der Waals surface area contributed by atoms with E-state index in [2.05, 4.69) is 37.0 Å². The molecule has 0 aliphatic rings. The first-order chi connectivity index (χ1) is 10.1. The Bertz CT molecular complexity index is 817. The fraction of sp³-hybridized carbons (Fsp3) is 0. The molecule has 0 unspecified atom stereocenters. The van der Waals surface area contributed by atoms with Gasteiger partial charge in [0, 0.05) is 14.5 Å². The number of halogens is 3. The third-order valence-electron chi connectivity index (χ3n) is 3.02. The van der Waals surface area contributed by atoms with Crippen LogP contribution in [0.1, 0.15) is 0 Å². The lowest BCUT2D eigenvalue weighted by atomic mass is 10.0. The molecule has 1 aromatic heterocycles. The van der Waals surface area contributed by atoms with Gasteiger partial charge in [-0.05, 0) is 45.8 Å². The topological polar surface area (TPSA) is 52.0 Å². The largest absolute Gasteiger partial charge is 0.367 e. The van der Waals surface area contributed by atoms with E-state index in [0.29, 0.717) is 10.7 Å². The number of hydrogen-bond donors (Lipinski definition) is 1. The van der Waals surface area contributed by atoms with Gasteiger partial charge in [0.1, 0.15) is 5.69 Å². The Balaban J connectivity index is 2.19. The van der Waals surface area contributed by atoms with Gasteiger partial charge in [0.25, 0.3) is 0 Å². The van der Waals surface area contributed by atoms with Gasteiger partial charge < -0.3 is 10.3 Å². The molecule has 2 aromatic carbocycles. The Morgan fingerprint density at radius 3 is 2.57 bits per heavy atom. The molecule has 2 N–H and O–H groups in total. The molecule has 0 saturated heterocycles. The van der Waals surface area contributed by atoms with E-state index >= 15 is 0 Å². The molecule has 21 heavy (non-hydrogen) atoms. The Hall–Kier alpha value is -1.30. The van der Waals surface area contributed by atoms with Crippen molar-refractivity contribution >= 4 is 49.3 Å². The maximum atomic E-state index is 6.15. The Labute approximate surface area is 143 Å². The number of rotatable bonds is 2. The van der Waals surface area contributed by atoms with E-state index in [-0.39, 0.29) is 5.88 Å². The lowest BCUT2D eigenvalue weighted by Gasteiger charge is -2.05. The minimum atomic E-state index is 0.280. The lowest BCUT2D eigenvalue weighted by Crippen LogP contribution is -1.88. The van der Waals surface area contributed by atoms with Crippen LogP contribution in [0.2, 0.25) is 5.02 Å². The van der Waals surface area contributed by atoms with Gasteiger partial charge in [-0.25, -0.2) is 0 Å². The van der Waals surface area contributed by atoms with Crippen molar-refractivity contribution in [1.82, 2.24) is 5.16 Å². The van der Waals surface area contributed by atoms with Gasteiger partial charge in [0.15, 0.2) is 0 Å². The molecular weight excluding hydrogens is 419 g/mol. The van der Waals surface area contributed by atoms with Crippen molar-refractivity contribution in [2.75, 3.05) is 5.73 Å². The number of aromatic nitrogens is 1. The second kappa shape index (κ2) is 5.83. The number of benzene rings is 2. The summed E-state index contributed by atoms with van der Waals surface area (Å²) in [6.07, 6.45) is 0. The molecule has 106 valence electrons. The summed E-state index contributed by atoms with van der Waals surface area (Å²) in [6.45, 7) is 0. The zero-order valence-electron chi connectivity index (χ0n) is 10.6. The highest BCUT2D eigenvalue weighted by Crippen LogP contribution is 2.38. The van der Waals surface area contributed by atoms with Crippen molar-refractivity contribution in [1.29, 1.82) is 0 Å². The summed E-state index contributed by atoms with van der Waals surface area (Å²) >= 11 is 13.0. The summed E-state index contributed by atoms with van der Waals surface area (Å²) in [5, 5.41) is 4.68. The molecule has 1 heterocycles. The molecule has 3 nitrogen and oxygen atoms in total. The fourth-order valence-electron chi connectivity index (χ4n) is 2.07. The van der Waals surface area contributed by atoms with Crippen molar-refractivity contribution in [2.45, 2.75) is 0 Å². The molecule has 3 aromatic rings. The maximum absolute atomic E-state index is 6.15. The lowest BCUT2D eigenvalue weighted by molar-refractivity contribution is 0.439. The van der Waals surface area contributed by atoms with Crippen LogP contribution in [0.15, 0.2) is 55.9 Å². The quantitative estimate of drug-likeness (QED) is 0.564. The standard InChI is InChI=1S/C15H9Br2ClN2O/c16-10-3-1-2-8(6-10)13-14(20-21-15(13)19)9-4-5-11(17)12(18)7-9/h1-7H,19H2. The van der Waals surface area contributed by atoms with Crippen LogP contribution in [0.25, 0.3) is 22.4 Å². The smallest absolute Gasteiger partial charge is 0.230 e. The highest BCUT2D eigenvalue weighted by Gasteiger charge is 2.18. The molecule has 0 fully saturated rings. The van der Waals surface area contributed by atoms with Crippen molar-refractivity contribution in [3.8, 4) is 22.4 Å². The van der Waals surface area contributed by atoms with Crippen LogP contribution in [0.5, 0.6) is 0 Å². The molecule has 0 aliphatic carbocycles. The zero-order chi connectivity index (χ0) is 15.0. The van der Waals surface area contributed by atoms with Crippen molar-refractivity contribution in [2.24, 2.45) is 0 Å². The molecule has 0 amide bonds. The minimum Gasteiger partial charge on any atom is -0.367 e. The van der Waals surface area contributed by atoms with Crippen molar-refractivity contribution < 1.29 is 4.52 Å². The van der Waals surface area contributed by atoms with Crippen molar-refractivity contribution in [3.63, 3.8) is 0 Å². The first-order valence-electron chi connectivity index (χ1n) is 6.03. The molecule has 3 rings (SSSR count). The van der Waals surface area contributed by atoms with Crippen molar-refractivity contribution in [3.05, 3.63) is 56.4 Å². The number of nitrogens with two attached hydrogens (primary N) is 1. The Kier molecular flexibility index (Phi) is 4.06. The summed E-state index contributed by atoms with van der Waals surface area (Å²) in [5.74, 6) is 0.280. The maximum Gasteiger partial charge on any atom is 0.230 e. The van der Waals surface area contributed by atoms with E-state index in [9.17, 15) is 0 Å². The average Bonchev–Trinajstić information content (AvgIpc) is 2.84. The molecular formula is C15H9Br2ClN2O. The summed E-state index contributed by atoms with van der Waals surface area (Å²) in [4.78, 5) is 0. The van der Waals surface area contributed by atoms with Gasteiger partial charge in [-0.15, -0.1) is 0 Å². The Morgan fingerprint density at radius 2 is 1.86 bits per heavy atom. The molecule has 0 saturated carbocycles. The first kappa shape index (κ1) is 14.6. The van der Waals surface area contributed by atoms with E-state index in [1.54, 1.807) is 0 Å². The summed E-state index contributed by atoms with van der Waals surface area (Å²) in [7, 11) is 0. The van der Waals surface area contributed by atoms with Gasteiger partial charge in [-0.1, -0.05) is 50.9 Å². The fourth-order valence-corrected chi connectivity index (χ4v) is 2.89. The molecule has 0 bridgehead atoms. The SMILES string of the molecule is Nc1onc(-c2ccc(Br)c(Cl)c2)c1-c1cccc(Br)c1. The van der Waals surface area contributed by atoms with Gasteiger partial charge in [0.2, 0.25) is 5.88 Å². The summed E-state index contributed by atoms with van der Waals surface area (Å²) < 4.78 is 6.96. The van der Waals surface area contributed by atoms with Crippen LogP contribution in [0.3, 0.4) is 0 Å². The zero-order valence-corrected chi connectivity index (χ0v) is 14.5. The average molecular weight is 429 g/mol. The monoisotopic (exact) mass is 426 g/mol. The van der Waals surface area contributed by atoms with Crippen LogP contribution in [0, 0.1) is 0 Å². The number of nitrogens with zero attached hydrogens (tertiary/aromatic N) is 1. The number of hydrogen-bond acceptors (Lipinski definition) is 3. The van der Waals surface area contributed by atoms with E-state index < -0.39 is 0 Å². The third-order valence-corrected chi connectivity index (χ3v) is 4.75. The second-order valence-electron chi connectivity index (χ2n) is 4.41. The second-order valence-corrected chi connectivity index (χ2v) is 6.59. The third kappa shape index (κ3) is 2.86. The van der Waals surface area contributed by atoms with E-state index in [4.69, 9.17) is 21.9 Å². The molecule has 0 radical (unpaired) electrons. The molecule has 6 heteroatoms. The van der Waals surface area contributed by atoms with Crippen LogP contribution < -0.4 is 5.73 Å². The van der Waals surface area contributed by atoms with Gasteiger partial charge >= 0.3 is 0 Å². The molecule has 0 aliphatic heterocycles. The van der Waals surface area contributed by atoms with Gasteiger partial charge in [-0.2, -0.15) is 0 Å². The highest BCUT2D eigenvalue weighted by atomic mass is 79.9. The van der Waals surface area contributed by atoms with E-state index in [1.807, 2.05) is 42.5 Å². The molecule has 0 spiro atoms. The van der Waals surface area contributed by atoms with E-state index in [1.165, 1.54) is 0 Å². The highest BCUT2D eigenvalue weighted by molar-refractivity contribution is 9.10. The van der Waals surface area contributed by atoms with Gasteiger partial charge in [-0.3, -0.25) is 0 Å². The van der Waals surface area contributed by atoms with Crippen LogP contribution in [-0.2, 0) is 0 Å². The predicted molar refractivity (Wildman–Crippen MR) is 92.2 cm³/mol. The van der Waals surface area contributed by atoms with Crippen LogP contribution in [0.4, 0.5) is 5.88 Å². The predicted octanol–water partition coefficient (Wildman–Crippen LogP) is 5.77. The normalized spacial score (nSPS) is 10.8.